The number of phenols is 1. The van der Waals surface area contributed by atoms with Crippen LogP contribution in [-0.2, 0) is 0 Å². The van der Waals surface area contributed by atoms with Crippen molar-refractivity contribution in [1.29, 1.82) is 0 Å². The second-order valence-corrected chi connectivity index (χ2v) is 5.14. The molecule has 0 bridgehead atoms. The number of Topliss-reactive ketones (excluding diaryl/α,β-unsaturated/α-hetero) is 1. The Hall–Kier alpha value is -2.40. The van der Waals surface area contributed by atoms with Crippen LogP contribution in [0.3, 0.4) is 0 Å². The lowest BCUT2D eigenvalue weighted by atomic mass is 10.1. The second-order valence-electron chi connectivity index (χ2n) is 4.73. The maximum atomic E-state index is 11.2. The number of carbonyl (C=O) groups is 1. The Balaban J connectivity index is 2.02. The van der Waals surface area contributed by atoms with E-state index in [0.717, 1.165) is 11.3 Å². The number of hydrogen-bond donors (Lipinski definition) is 3. The molecule has 0 spiro atoms. The molecule has 0 radical (unpaired) electrons. The molecule has 0 saturated heterocycles. The fourth-order valence-corrected chi connectivity index (χ4v) is 2.05. The maximum absolute atomic E-state index is 11.2. The van der Waals surface area contributed by atoms with Crippen LogP contribution in [-0.4, -0.2) is 16.0 Å². The number of aromatic hydroxyl groups is 1. The summed E-state index contributed by atoms with van der Waals surface area (Å²) in [6.45, 7) is 3.42. The number of hydrogen-bond acceptors (Lipinski definition) is 3. The van der Waals surface area contributed by atoms with Gasteiger partial charge in [-0.05, 0) is 68.0 Å². The highest BCUT2D eigenvalue weighted by atomic mass is 32.1. The topological polar surface area (TPSA) is 61.4 Å². The fraction of sp³-hybridized carbons (Fsp3) is 0.125. The third kappa shape index (κ3) is 4.03. The van der Waals surface area contributed by atoms with Gasteiger partial charge in [0.05, 0.1) is 5.69 Å². The van der Waals surface area contributed by atoms with Crippen molar-refractivity contribution in [2.24, 2.45) is 0 Å². The Kier molecular flexibility index (Phi) is 4.55. The molecule has 3 N–H and O–H groups in total. The Morgan fingerprint density at radius 1 is 1.10 bits per heavy atom. The van der Waals surface area contributed by atoms with Crippen LogP contribution in [0.2, 0.25) is 0 Å². The van der Waals surface area contributed by atoms with Gasteiger partial charge < -0.3 is 15.7 Å². The van der Waals surface area contributed by atoms with Gasteiger partial charge >= 0.3 is 0 Å². The minimum absolute atomic E-state index is 0.0202. The number of benzene rings is 2. The molecule has 0 amide bonds. The number of carbonyl (C=O) groups excluding carboxylic acids is 1. The third-order valence-electron chi connectivity index (χ3n) is 2.95. The minimum Gasteiger partial charge on any atom is -0.506 e. The number of thiocarbonyl (C=S) groups is 1. The molecule has 0 heterocycles. The zero-order chi connectivity index (χ0) is 15.4. The zero-order valence-electron chi connectivity index (χ0n) is 11.8. The van der Waals surface area contributed by atoms with E-state index in [1.165, 1.54) is 6.92 Å². The quantitative estimate of drug-likeness (QED) is 0.458. The Labute approximate surface area is 128 Å². The van der Waals surface area contributed by atoms with Crippen molar-refractivity contribution in [3.63, 3.8) is 0 Å². The number of anilines is 2. The highest BCUT2D eigenvalue weighted by molar-refractivity contribution is 7.80. The number of rotatable bonds is 3. The van der Waals surface area contributed by atoms with Crippen LogP contribution in [0.5, 0.6) is 5.75 Å². The molecule has 0 atom stereocenters. The van der Waals surface area contributed by atoms with E-state index in [1.807, 2.05) is 13.0 Å². The first kappa shape index (κ1) is 15.0. The monoisotopic (exact) mass is 300 g/mol. The molecule has 0 fully saturated rings. The highest BCUT2D eigenvalue weighted by Gasteiger charge is 2.04. The van der Waals surface area contributed by atoms with E-state index in [0.29, 0.717) is 16.4 Å². The lowest BCUT2D eigenvalue weighted by molar-refractivity contribution is 0.101. The van der Waals surface area contributed by atoms with E-state index >= 15 is 0 Å². The van der Waals surface area contributed by atoms with Crippen molar-refractivity contribution in [3.05, 3.63) is 53.6 Å². The molecule has 0 aromatic heterocycles. The van der Waals surface area contributed by atoms with Gasteiger partial charge in [-0.1, -0.05) is 6.07 Å². The van der Waals surface area contributed by atoms with Crippen LogP contribution in [0, 0.1) is 6.92 Å². The average Bonchev–Trinajstić information content (AvgIpc) is 2.42. The van der Waals surface area contributed by atoms with Crippen molar-refractivity contribution in [1.82, 2.24) is 0 Å². The number of ketones is 1. The van der Waals surface area contributed by atoms with E-state index in [-0.39, 0.29) is 11.5 Å². The summed E-state index contributed by atoms with van der Waals surface area (Å²) < 4.78 is 0. The summed E-state index contributed by atoms with van der Waals surface area (Å²) in [5, 5.41) is 16.1. The van der Waals surface area contributed by atoms with Gasteiger partial charge in [-0.2, -0.15) is 0 Å². The van der Waals surface area contributed by atoms with Gasteiger partial charge in [0.25, 0.3) is 0 Å². The van der Waals surface area contributed by atoms with Crippen molar-refractivity contribution in [2.45, 2.75) is 13.8 Å². The van der Waals surface area contributed by atoms with Gasteiger partial charge in [-0.15, -0.1) is 0 Å². The minimum atomic E-state index is 0.0202. The van der Waals surface area contributed by atoms with Gasteiger partial charge in [0.1, 0.15) is 5.75 Å². The fourth-order valence-electron chi connectivity index (χ4n) is 1.82. The van der Waals surface area contributed by atoms with Crippen molar-refractivity contribution in [3.8, 4) is 5.75 Å². The molecular weight excluding hydrogens is 284 g/mol. The molecule has 2 aromatic carbocycles. The Bertz CT molecular complexity index is 681. The molecule has 0 saturated carbocycles. The van der Waals surface area contributed by atoms with Crippen LogP contribution >= 0.6 is 12.2 Å². The molecule has 108 valence electrons. The van der Waals surface area contributed by atoms with E-state index in [2.05, 4.69) is 10.6 Å². The molecule has 0 unspecified atom stereocenters. The van der Waals surface area contributed by atoms with Crippen molar-refractivity contribution < 1.29 is 9.90 Å². The molecule has 0 aliphatic carbocycles. The molecule has 4 nitrogen and oxygen atoms in total. The molecule has 2 rings (SSSR count). The van der Waals surface area contributed by atoms with E-state index in [4.69, 9.17) is 12.2 Å². The van der Waals surface area contributed by atoms with Gasteiger partial charge in [0.15, 0.2) is 10.9 Å². The molecule has 21 heavy (non-hydrogen) atoms. The summed E-state index contributed by atoms with van der Waals surface area (Å²) in [5.41, 5.74) is 2.93. The summed E-state index contributed by atoms with van der Waals surface area (Å²) in [6.07, 6.45) is 0. The van der Waals surface area contributed by atoms with Crippen LogP contribution in [0.15, 0.2) is 42.5 Å². The number of aryl methyl sites for hydroxylation is 1. The predicted molar refractivity (Wildman–Crippen MR) is 89.1 cm³/mol. The smallest absolute Gasteiger partial charge is 0.175 e. The van der Waals surface area contributed by atoms with Crippen LogP contribution < -0.4 is 10.6 Å². The van der Waals surface area contributed by atoms with E-state index in [1.54, 1.807) is 36.4 Å². The first-order valence-corrected chi connectivity index (χ1v) is 6.85. The number of nitrogens with one attached hydrogen (secondary N) is 2. The highest BCUT2D eigenvalue weighted by Crippen LogP contribution is 2.24. The number of phenolic OH excluding ortho intramolecular Hbond substituents is 1. The van der Waals surface area contributed by atoms with Gasteiger partial charge in [0.2, 0.25) is 0 Å². The predicted octanol–water partition coefficient (Wildman–Crippen LogP) is 3.71. The molecule has 2 aromatic rings. The summed E-state index contributed by atoms with van der Waals surface area (Å²) in [4.78, 5) is 11.2. The maximum Gasteiger partial charge on any atom is 0.175 e. The lowest BCUT2D eigenvalue weighted by Crippen LogP contribution is -2.19. The van der Waals surface area contributed by atoms with Gasteiger partial charge in [-0.3, -0.25) is 4.79 Å². The lowest BCUT2D eigenvalue weighted by Gasteiger charge is -2.12. The zero-order valence-corrected chi connectivity index (χ0v) is 12.6. The average molecular weight is 300 g/mol. The summed E-state index contributed by atoms with van der Waals surface area (Å²) >= 11 is 5.19. The molecule has 0 aliphatic rings. The second kappa shape index (κ2) is 6.37. The Morgan fingerprint density at radius 2 is 1.76 bits per heavy atom. The van der Waals surface area contributed by atoms with Crippen LogP contribution in [0.25, 0.3) is 0 Å². The van der Waals surface area contributed by atoms with Crippen molar-refractivity contribution in [2.75, 3.05) is 10.6 Å². The standard InChI is InChI=1S/C16H16N2O2S/c1-10-3-8-14(15(20)9-10)18-16(21)17-13-6-4-12(5-7-13)11(2)19/h3-9,20H,1-2H3,(H2,17,18,21). The van der Waals surface area contributed by atoms with E-state index in [9.17, 15) is 9.90 Å². The van der Waals surface area contributed by atoms with Crippen LogP contribution in [0.1, 0.15) is 22.8 Å². The summed E-state index contributed by atoms with van der Waals surface area (Å²) in [7, 11) is 0. The van der Waals surface area contributed by atoms with Gasteiger partial charge in [0, 0.05) is 11.3 Å². The van der Waals surface area contributed by atoms with E-state index < -0.39 is 0 Å². The SMILES string of the molecule is CC(=O)c1ccc(NC(=S)Nc2ccc(C)cc2O)cc1. The first-order chi connectivity index (χ1) is 9.95. The molecular formula is C16H16N2O2S. The molecule has 5 heteroatoms. The first-order valence-electron chi connectivity index (χ1n) is 6.44. The van der Waals surface area contributed by atoms with Crippen LogP contribution in [0.4, 0.5) is 11.4 Å². The van der Waals surface area contributed by atoms with Gasteiger partial charge in [-0.25, -0.2) is 0 Å². The van der Waals surface area contributed by atoms with Crippen molar-refractivity contribution >= 4 is 34.5 Å². The molecule has 0 aliphatic heterocycles. The summed E-state index contributed by atoms with van der Waals surface area (Å²) in [6, 6.07) is 12.3. The normalized spacial score (nSPS) is 10.0. The largest absolute Gasteiger partial charge is 0.506 e. The third-order valence-corrected chi connectivity index (χ3v) is 3.15. The summed E-state index contributed by atoms with van der Waals surface area (Å²) in [5.74, 6) is 0.165. The Morgan fingerprint density at radius 3 is 2.33 bits per heavy atom.